The molecule has 1 unspecified atom stereocenters. The van der Waals surface area contributed by atoms with E-state index in [4.69, 9.17) is 0 Å². The van der Waals surface area contributed by atoms with E-state index < -0.39 is 0 Å². The molecule has 2 fully saturated rings. The van der Waals surface area contributed by atoms with E-state index in [9.17, 15) is 0 Å². The Hall–Kier alpha value is -0.900. The smallest absolute Gasteiger partial charge is 0.0234 e. The van der Waals surface area contributed by atoms with Crippen molar-refractivity contribution in [2.45, 2.75) is 44.4 Å². The van der Waals surface area contributed by atoms with Gasteiger partial charge in [0.1, 0.15) is 0 Å². The van der Waals surface area contributed by atoms with E-state index in [0.29, 0.717) is 0 Å². The second-order valence-corrected chi connectivity index (χ2v) is 6.61. The lowest BCUT2D eigenvalue weighted by Crippen LogP contribution is -2.31. The van der Waals surface area contributed by atoms with Crippen LogP contribution in [0.3, 0.4) is 0 Å². The molecular weight excluding hydrogens is 246 g/mol. The zero-order chi connectivity index (χ0) is 13.9. The highest BCUT2D eigenvalue weighted by atomic mass is 15.2. The SMILES string of the molecule is CN(C)C1CCN(Cc2ccc(CNC3CC3)cc2)C1. The first-order valence-electron chi connectivity index (χ1n) is 7.91. The van der Waals surface area contributed by atoms with Crippen LogP contribution >= 0.6 is 0 Å². The number of rotatable bonds is 6. The fourth-order valence-corrected chi connectivity index (χ4v) is 2.95. The second-order valence-electron chi connectivity index (χ2n) is 6.61. The van der Waals surface area contributed by atoms with Crippen molar-refractivity contribution in [2.24, 2.45) is 0 Å². The maximum Gasteiger partial charge on any atom is 0.0234 e. The molecule has 3 nitrogen and oxygen atoms in total. The topological polar surface area (TPSA) is 18.5 Å². The van der Waals surface area contributed by atoms with Gasteiger partial charge in [0.25, 0.3) is 0 Å². The highest BCUT2D eigenvalue weighted by Gasteiger charge is 2.23. The quantitative estimate of drug-likeness (QED) is 0.856. The van der Waals surface area contributed by atoms with Crippen LogP contribution in [0.1, 0.15) is 30.4 Å². The van der Waals surface area contributed by atoms with Gasteiger partial charge in [-0.05, 0) is 44.5 Å². The molecule has 1 aliphatic carbocycles. The predicted molar refractivity (Wildman–Crippen MR) is 83.7 cm³/mol. The summed E-state index contributed by atoms with van der Waals surface area (Å²) in [5.74, 6) is 0. The van der Waals surface area contributed by atoms with E-state index in [2.05, 4.69) is 53.5 Å². The van der Waals surface area contributed by atoms with Crippen LogP contribution in [0.5, 0.6) is 0 Å². The van der Waals surface area contributed by atoms with Crippen molar-refractivity contribution in [3.63, 3.8) is 0 Å². The van der Waals surface area contributed by atoms with Crippen molar-refractivity contribution < 1.29 is 0 Å². The van der Waals surface area contributed by atoms with E-state index >= 15 is 0 Å². The highest BCUT2D eigenvalue weighted by molar-refractivity contribution is 5.22. The van der Waals surface area contributed by atoms with E-state index in [0.717, 1.165) is 25.2 Å². The van der Waals surface area contributed by atoms with Crippen LogP contribution < -0.4 is 5.32 Å². The molecule has 0 aromatic heterocycles. The minimum absolute atomic E-state index is 0.733. The van der Waals surface area contributed by atoms with Gasteiger partial charge in [-0.3, -0.25) is 4.90 Å². The van der Waals surface area contributed by atoms with Gasteiger partial charge in [0.05, 0.1) is 0 Å². The monoisotopic (exact) mass is 273 g/mol. The van der Waals surface area contributed by atoms with Gasteiger partial charge in [0.2, 0.25) is 0 Å². The molecule has 1 N–H and O–H groups in total. The summed E-state index contributed by atoms with van der Waals surface area (Å²) in [7, 11) is 4.38. The first-order chi connectivity index (χ1) is 9.70. The minimum Gasteiger partial charge on any atom is -0.310 e. The lowest BCUT2D eigenvalue weighted by atomic mass is 10.1. The third-order valence-corrected chi connectivity index (χ3v) is 4.58. The molecule has 1 atom stereocenters. The lowest BCUT2D eigenvalue weighted by molar-refractivity contribution is 0.264. The number of nitrogens with zero attached hydrogens (tertiary/aromatic N) is 2. The highest BCUT2D eigenvalue weighted by Crippen LogP contribution is 2.20. The largest absolute Gasteiger partial charge is 0.310 e. The van der Waals surface area contributed by atoms with Crippen LogP contribution in [0, 0.1) is 0 Å². The molecule has 1 aliphatic heterocycles. The van der Waals surface area contributed by atoms with Crippen molar-refractivity contribution in [1.82, 2.24) is 15.1 Å². The summed E-state index contributed by atoms with van der Waals surface area (Å²) in [6, 6.07) is 10.7. The lowest BCUT2D eigenvalue weighted by Gasteiger charge is -2.20. The van der Waals surface area contributed by atoms with Crippen molar-refractivity contribution in [2.75, 3.05) is 27.2 Å². The molecule has 3 heteroatoms. The molecule has 1 saturated heterocycles. The van der Waals surface area contributed by atoms with E-state index in [1.165, 1.54) is 43.5 Å². The minimum atomic E-state index is 0.733. The Morgan fingerprint density at radius 2 is 1.80 bits per heavy atom. The predicted octanol–water partition coefficient (Wildman–Crippen LogP) is 2.07. The fourth-order valence-electron chi connectivity index (χ4n) is 2.95. The van der Waals surface area contributed by atoms with Gasteiger partial charge in [-0.25, -0.2) is 0 Å². The first-order valence-corrected chi connectivity index (χ1v) is 7.91. The summed E-state index contributed by atoms with van der Waals surface area (Å²) in [6.45, 7) is 4.56. The Balaban J connectivity index is 1.47. The fraction of sp³-hybridized carbons (Fsp3) is 0.647. The van der Waals surface area contributed by atoms with Gasteiger partial charge in [-0.1, -0.05) is 24.3 Å². The summed E-state index contributed by atoms with van der Waals surface area (Å²) < 4.78 is 0. The molecule has 1 heterocycles. The number of hydrogen-bond donors (Lipinski definition) is 1. The number of hydrogen-bond acceptors (Lipinski definition) is 3. The molecule has 20 heavy (non-hydrogen) atoms. The van der Waals surface area contributed by atoms with Gasteiger partial charge >= 0.3 is 0 Å². The van der Waals surface area contributed by atoms with Crippen molar-refractivity contribution >= 4 is 0 Å². The molecule has 3 rings (SSSR count). The Bertz CT molecular complexity index is 422. The Morgan fingerprint density at radius 1 is 1.10 bits per heavy atom. The second kappa shape index (κ2) is 6.25. The summed E-state index contributed by atoms with van der Waals surface area (Å²) in [4.78, 5) is 4.93. The average molecular weight is 273 g/mol. The Morgan fingerprint density at radius 3 is 2.40 bits per heavy atom. The van der Waals surface area contributed by atoms with Crippen LogP contribution in [0.25, 0.3) is 0 Å². The normalized spacial score (nSPS) is 23.6. The van der Waals surface area contributed by atoms with Gasteiger partial charge in [0, 0.05) is 38.3 Å². The average Bonchev–Trinajstić information content (AvgIpc) is 3.15. The third kappa shape index (κ3) is 3.81. The first kappa shape index (κ1) is 14.1. The van der Waals surface area contributed by atoms with Crippen molar-refractivity contribution in [1.29, 1.82) is 0 Å². The van der Waals surface area contributed by atoms with E-state index in [1.807, 2.05) is 0 Å². The molecule has 1 saturated carbocycles. The summed E-state index contributed by atoms with van der Waals surface area (Å²) in [6.07, 6.45) is 4.02. The Kier molecular flexibility index (Phi) is 4.39. The van der Waals surface area contributed by atoms with Crippen LogP contribution in [0.2, 0.25) is 0 Å². The number of likely N-dealkylation sites (tertiary alicyclic amines) is 1. The molecule has 0 bridgehead atoms. The molecule has 0 radical (unpaired) electrons. The molecule has 2 aliphatic rings. The summed E-state index contributed by atoms with van der Waals surface area (Å²) in [5, 5.41) is 3.57. The van der Waals surface area contributed by atoms with Crippen molar-refractivity contribution in [3.8, 4) is 0 Å². The molecule has 1 aromatic rings. The molecular formula is C17H27N3. The maximum atomic E-state index is 3.57. The van der Waals surface area contributed by atoms with Crippen LogP contribution in [-0.4, -0.2) is 49.1 Å². The van der Waals surface area contributed by atoms with Crippen molar-refractivity contribution in [3.05, 3.63) is 35.4 Å². The molecule has 0 spiro atoms. The van der Waals surface area contributed by atoms with Gasteiger partial charge in [-0.15, -0.1) is 0 Å². The van der Waals surface area contributed by atoms with Crippen LogP contribution in [-0.2, 0) is 13.1 Å². The van der Waals surface area contributed by atoms with E-state index in [-0.39, 0.29) is 0 Å². The number of benzene rings is 1. The maximum absolute atomic E-state index is 3.57. The Labute approximate surface area is 123 Å². The number of likely N-dealkylation sites (N-methyl/N-ethyl adjacent to an activating group) is 1. The van der Waals surface area contributed by atoms with E-state index in [1.54, 1.807) is 0 Å². The zero-order valence-electron chi connectivity index (χ0n) is 12.8. The molecule has 0 amide bonds. The standard InChI is InChI=1S/C17H27N3/c1-19(2)17-9-10-20(13-17)12-15-5-3-14(4-6-15)11-18-16-7-8-16/h3-6,16-18H,7-13H2,1-2H3. The van der Waals surface area contributed by atoms with Gasteiger partial charge < -0.3 is 10.2 Å². The summed E-state index contributed by atoms with van der Waals surface area (Å²) in [5.41, 5.74) is 2.85. The number of nitrogens with one attached hydrogen (secondary N) is 1. The van der Waals surface area contributed by atoms with Crippen LogP contribution in [0.15, 0.2) is 24.3 Å². The molecule has 110 valence electrons. The van der Waals surface area contributed by atoms with Gasteiger partial charge in [0.15, 0.2) is 0 Å². The van der Waals surface area contributed by atoms with Gasteiger partial charge in [-0.2, -0.15) is 0 Å². The molecule has 1 aromatic carbocycles. The summed E-state index contributed by atoms with van der Waals surface area (Å²) >= 11 is 0. The third-order valence-electron chi connectivity index (χ3n) is 4.58. The zero-order valence-corrected chi connectivity index (χ0v) is 12.8. The van der Waals surface area contributed by atoms with Crippen LogP contribution in [0.4, 0.5) is 0 Å².